The molecular formula is C32H52ClN5O2Si. The number of hydrogen-bond acceptors (Lipinski definition) is 5. The van der Waals surface area contributed by atoms with Crippen molar-refractivity contribution >= 4 is 32.2 Å². The summed E-state index contributed by atoms with van der Waals surface area (Å²) < 4.78 is 7.97. The van der Waals surface area contributed by atoms with Gasteiger partial charge < -0.3 is 15.8 Å². The number of pyridine rings is 1. The number of hydrogen-bond donors (Lipinski definition) is 2. The highest BCUT2D eigenvalue weighted by Gasteiger charge is 2.30. The number of carbonyl (C=O) groups is 1. The maximum Gasteiger partial charge on any atom is 0.272 e. The van der Waals surface area contributed by atoms with Crippen LogP contribution in [0, 0.1) is 18.8 Å². The minimum atomic E-state index is -1.13. The van der Waals surface area contributed by atoms with Crippen molar-refractivity contribution < 1.29 is 9.53 Å². The number of aryl methyl sites for hydroxylation is 1. The van der Waals surface area contributed by atoms with Crippen molar-refractivity contribution in [2.45, 2.75) is 117 Å². The van der Waals surface area contributed by atoms with Crippen molar-refractivity contribution in [2.75, 3.05) is 11.9 Å². The highest BCUT2D eigenvalue weighted by atomic mass is 35.5. The van der Waals surface area contributed by atoms with Gasteiger partial charge in [-0.05, 0) is 74.6 Å². The van der Waals surface area contributed by atoms with E-state index in [1.807, 2.05) is 29.9 Å². The molecular weight excluding hydrogens is 550 g/mol. The molecule has 2 aliphatic rings. The summed E-state index contributed by atoms with van der Waals surface area (Å²) in [6.45, 7) is 12.5. The van der Waals surface area contributed by atoms with Crippen LogP contribution >= 0.6 is 12.4 Å². The molecule has 7 nitrogen and oxygen atoms in total. The minimum absolute atomic E-state index is 0. The fourth-order valence-electron chi connectivity index (χ4n) is 6.53. The molecule has 0 aliphatic heterocycles. The summed E-state index contributed by atoms with van der Waals surface area (Å²) >= 11 is 0. The summed E-state index contributed by atoms with van der Waals surface area (Å²) in [6.07, 6.45) is 14.8. The van der Waals surface area contributed by atoms with Gasteiger partial charge in [-0.2, -0.15) is 5.10 Å². The van der Waals surface area contributed by atoms with Crippen molar-refractivity contribution in [1.82, 2.24) is 14.8 Å². The second-order valence-electron chi connectivity index (χ2n) is 13.0. The Morgan fingerprint density at radius 1 is 1.05 bits per heavy atom. The molecule has 4 rings (SSSR count). The zero-order valence-electron chi connectivity index (χ0n) is 25.9. The smallest absolute Gasteiger partial charge is 0.272 e. The molecule has 0 aromatic carbocycles. The number of nitrogens with one attached hydrogen (secondary N) is 1. The molecule has 2 heterocycles. The Morgan fingerprint density at radius 2 is 1.66 bits per heavy atom. The van der Waals surface area contributed by atoms with Crippen LogP contribution < -0.4 is 11.1 Å². The van der Waals surface area contributed by atoms with E-state index in [1.54, 1.807) is 0 Å². The van der Waals surface area contributed by atoms with Gasteiger partial charge in [0.2, 0.25) is 0 Å². The third-order valence-electron chi connectivity index (χ3n) is 8.72. The number of nitrogens with zero attached hydrogens (tertiary/aromatic N) is 3. The maximum absolute atomic E-state index is 13.4. The first-order valence-electron chi connectivity index (χ1n) is 15.6. The third kappa shape index (κ3) is 8.91. The third-order valence-corrected chi connectivity index (χ3v) is 10.4. The first-order chi connectivity index (χ1) is 19.2. The predicted octanol–water partition coefficient (Wildman–Crippen LogP) is 7.86. The molecule has 2 fully saturated rings. The van der Waals surface area contributed by atoms with Crippen LogP contribution in [-0.4, -0.2) is 35.4 Å². The summed E-state index contributed by atoms with van der Waals surface area (Å²) in [7, 11) is -1.13. The number of anilines is 1. The highest BCUT2D eigenvalue weighted by molar-refractivity contribution is 6.76. The second kappa shape index (κ2) is 15.3. The molecule has 0 spiro atoms. The zero-order valence-corrected chi connectivity index (χ0v) is 27.7. The van der Waals surface area contributed by atoms with Crippen LogP contribution in [0.3, 0.4) is 0 Å². The van der Waals surface area contributed by atoms with Gasteiger partial charge in [-0.15, -0.1) is 12.4 Å². The summed E-state index contributed by atoms with van der Waals surface area (Å²) in [4.78, 5) is 18.0. The molecule has 2 aromatic rings. The number of halogens is 1. The van der Waals surface area contributed by atoms with Gasteiger partial charge in [0.1, 0.15) is 12.5 Å². The van der Waals surface area contributed by atoms with Gasteiger partial charge in [-0.25, -0.2) is 9.67 Å². The van der Waals surface area contributed by atoms with E-state index < -0.39 is 8.07 Å². The number of rotatable bonds is 11. The molecule has 2 saturated carbocycles. The average molecular weight is 602 g/mol. The molecule has 9 heteroatoms. The van der Waals surface area contributed by atoms with E-state index in [0.29, 0.717) is 30.1 Å². The number of aromatic nitrogens is 3. The van der Waals surface area contributed by atoms with Crippen molar-refractivity contribution in [1.29, 1.82) is 0 Å². The molecule has 0 bridgehead atoms. The first-order valence-corrected chi connectivity index (χ1v) is 19.3. The van der Waals surface area contributed by atoms with Crippen LogP contribution in [-0.2, 0) is 22.7 Å². The lowest BCUT2D eigenvalue weighted by Crippen LogP contribution is -2.29. The molecule has 41 heavy (non-hydrogen) atoms. The molecule has 0 saturated heterocycles. The van der Waals surface area contributed by atoms with Crippen LogP contribution in [0.15, 0.2) is 29.6 Å². The summed E-state index contributed by atoms with van der Waals surface area (Å²) in [5.74, 6) is 1.22. The van der Waals surface area contributed by atoms with Crippen LogP contribution in [0.2, 0.25) is 25.7 Å². The Hall–Kier alpha value is -2.16. The van der Waals surface area contributed by atoms with E-state index in [-0.39, 0.29) is 18.3 Å². The van der Waals surface area contributed by atoms with Crippen molar-refractivity contribution in [3.8, 4) is 11.1 Å². The number of amides is 1. The van der Waals surface area contributed by atoms with Gasteiger partial charge in [0.25, 0.3) is 5.91 Å². The lowest BCUT2D eigenvalue weighted by molar-refractivity contribution is -0.113. The summed E-state index contributed by atoms with van der Waals surface area (Å²) in [5, 5.41) is 7.78. The van der Waals surface area contributed by atoms with Crippen LogP contribution in [0.5, 0.6) is 0 Å². The van der Waals surface area contributed by atoms with Gasteiger partial charge in [0.05, 0.1) is 11.4 Å². The molecule has 3 N–H and O–H groups in total. The van der Waals surface area contributed by atoms with E-state index >= 15 is 0 Å². The van der Waals surface area contributed by atoms with E-state index in [1.165, 1.54) is 44.1 Å². The Kier molecular flexibility index (Phi) is 12.5. The van der Waals surface area contributed by atoms with Crippen molar-refractivity contribution in [3.05, 3.63) is 41.0 Å². The normalized spacial score (nSPS) is 16.7. The lowest BCUT2D eigenvalue weighted by atomic mass is 9.73. The highest BCUT2D eigenvalue weighted by Crippen LogP contribution is 2.40. The Labute approximate surface area is 254 Å². The van der Waals surface area contributed by atoms with Crippen LogP contribution in [0.25, 0.3) is 11.1 Å². The summed E-state index contributed by atoms with van der Waals surface area (Å²) in [5.41, 5.74) is 12.5. The van der Waals surface area contributed by atoms with Gasteiger partial charge in [0.15, 0.2) is 0 Å². The van der Waals surface area contributed by atoms with Gasteiger partial charge in [-0.3, -0.25) is 4.79 Å². The SMILES string of the molecule is CCc1c(-c2ccc(NC(=O)C(N)=C(C3CCCCC3)C3CCCCC3)nc2)c(C)nn1COCC[Si](C)(C)C.Cl. The maximum atomic E-state index is 13.4. The van der Waals surface area contributed by atoms with Crippen LogP contribution in [0.4, 0.5) is 5.82 Å². The lowest BCUT2D eigenvalue weighted by Gasteiger charge is -2.33. The minimum Gasteiger partial charge on any atom is -0.394 e. The Morgan fingerprint density at radius 3 is 2.17 bits per heavy atom. The number of ether oxygens (including phenoxy) is 1. The molecule has 0 unspecified atom stereocenters. The molecule has 0 radical (unpaired) electrons. The fraction of sp³-hybridized carbons (Fsp3) is 0.656. The van der Waals surface area contributed by atoms with E-state index in [9.17, 15) is 4.79 Å². The van der Waals surface area contributed by atoms with Crippen LogP contribution in [0.1, 0.15) is 82.5 Å². The topological polar surface area (TPSA) is 95.1 Å². The fourth-order valence-corrected chi connectivity index (χ4v) is 7.29. The second-order valence-corrected chi connectivity index (χ2v) is 18.7. The van der Waals surface area contributed by atoms with E-state index in [2.05, 4.69) is 36.9 Å². The van der Waals surface area contributed by atoms with Gasteiger partial charge in [-0.1, -0.05) is 65.1 Å². The molecule has 2 aromatic heterocycles. The molecule has 228 valence electrons. The van der Waals surface area contributed by atoms with Gasteiger partial charge >= 0.3 is 0 Å². The predicted molar refractivity (Wildman–Crippen MR) is 174 cm³/mol. The first kappa shape index (κ1) is 33.3. The number of allylic oxidation sites excluding steroid dienone is 1. The molecule has 0 atom stereocenters. The Balaban J connectivity index is 0.00000462. The monoisotopic (exact) mass is 601 g/mol. The largest absolute Gasteiger partial charge is 0.394 e. The standard InChI is InChI=1S/C32H51N5O2Si.ClH/c1-6-27-29(23(2)36-37(27)22-39-19-20-40(3,4)5)26-17-18-28(34-21-26)35-32(38)31(33)30(24-13-9-7-10-14-24)25-15-11-8-12-16-25;/h17-18,21,24-25H,6-16,19-20,22,33H2,1-5H3,(H,34,35,38);1H. The van der Waals surface area contributed by atoms with E-state index in [4.69, 9.17) is 15.6 Å². The number of carbonyl (C=O) groups excluding carboxylic acids is 1. The van der Waals surface area contributed by atoms with Gasteiger partial charge in [0, 0.05) is 37.7 Å². The quantitative estimate of drug-likeness (QED) is 0.155. The molecule has 2 aliphatic carbocycles. The van der Waals surface area contributed by atoms with Crippen molar-refractivity contribution in [2.24, 2.45) is 17.6 Å². The van der Waals surface area contributed by atoms with Crippen molar-refractivity contribution in [3.63, 3.8) is 0 Å². The summed E-state index contributed by atoms with van der Waals surface area (Å²) in [6, 6.07) is 5.04. The molecule has 1 amide bonds. The number of nitrogens with two attached hydrogens (primary N) is 1. The average Bonchev–Trinajstić information content (AvgIpc) is 3.27. The Bertz CT molecular complexity index is 1140. The zero-order chi connectivity index (χ0) is 28.7. The van der Waals surface area contributed by atoms with E-state index in [0.717, 1.165) is 67.3 Å².